The number of carbonyl (C=O) groups is 4. The number of amides is 3. The van der Waals surface area contributed by atoms with Crippen LogP contribution in [0.2, 0.25) is 0 Å². The number of Topliss-reactive ketones (excluding diaryl/α,β-unsaturated/α-hetero) is 1. The fourth-order valence-corrected chi connectivity index (χ4v) is 6.94. The van der Waals surface area contributed by atoms with E-state index in [1.807, 2.05) is 31.2 Å². The number of hydrogen-bond acceptors (Lipinski definition) is 6. The van der Waals surface area contributed by atoms with Gasteiger partial charge in [0.1, 0.15) is 6.04 Å². The van der Waals surface area contributed by atoms with E-state index in [2.05, 4.69) is 22.2 Å². The van der Waals surface area contributed by atoms with Crippen molar-refractivity contribution in [2.75, 3.05) is 57.8 Å². The van der Waals surface area contributed by atoms with Gasteiger partial charge >= 0.3 is 0 Å². The van der Waals surface area contributed by atoms with Gasteiger partial charge in [-0.25, -0.2) is 0 Å². The summed E-state index contributed by atoms with van der Waals surface area (Å²) < 4.78 is 0. The molecule has 40 heavy (non-hydrogen) atoms. The van der Waals surface area contributed by atoms with Crippen LogP contribution < -0.4 is 10.2 Å². The SMILES string of the molecule is CC(CCNC(=O)c1ccc(N2CCN(C)CC2)cc1)CC(=O)N1CCC2C1C(=O)CN2C(=O)CC1CCCC1. The molecule has 0 bridgehead atoms. The first-order chi connectivity index (χ1) is 19.3. The van der Waals surface area contributed by atoms with Crippen LogP contribution in [0.1, 0.15) is 68.6 Å². The Hall–Kier alpha value is -2.94. The van der Waals surface area contributed by atoms with Crippen LogP contribution in [-0.4, -0.2) is 103 Å². The van der Waals surface area contributed by atoms with E-state index in [9.17, 15) is 19.2 Å². The number of piperazine rings is 1. The molecule has 1 N–H and O–H groups in total. The predicted octanol–water partition coefficient (Wildman–Crippen LogP) is 2.55. The lowest BCUT2D eigenvalue weighted by Gasteiger charge is -2.34. The predicted molar refractivity (Wildman–Crippen MR) is 154 cm³/mol. The molecule has 1 saturated carbocycles. The Kier molecular flexibility index (Phi) is 9.08. The van der Waals surface area contributed by atoms with E-state index in [1.165, 1.54) is 12.8 Å². The van der Waals surface area contributed by atoms with E-state index in [4.69, 9.17) is 0 Å². The highest BCUT2D eigenvalue weighted by Crippen LogP contribution is 2.34. The summed E-state index contributed by atoms with van der Waals surface area (Å²) in [6, 6.07) is 7.13. The molecule has 3 atom stereocenters. The maximum absolute atomic E-state index is 13.2. The maximum Gasteiger partial charge on any atom is 0.251 e. The third-order valence-electron chi connectivity index (χ3n) is 9.44. The van der Waals surface area contributed by atoms with Gasteiger partial charge in [-0.15, -0.1) is 0 Å². The minimum Gasteiger partial charge on any atom is -0.369 e. The first kappa shape index (κ1) is 28.6. The number of ketones is 1. The minimum atomic E-state index is -0.485. The van der Waals surface area contributed by atoms with Crippen LogP contribution in [0.25, 0.3) is 0 Å². The largest absolute Gasteiger partial charge is 0.369 e. The van der Waals surface area contributed by atoms with Gasteiger partial charge in [-0.3, -0.25) is 19.2 Å². The van der Waals surface area contributed by atoms with E-state index >= 15 is 0 Å². The Morgan fingerprint density at radius 2 is 1.62 bits per heavy atom. The van der Waals surface area contributed by atoms with Crippen molar-refractivity contribution in [3.8, 4) is 0 Å². The number of nitrogens with one attached hydrogen (secondary N) is 1. The fourth-order valence-electron chi connectivity index (χ4n) is 6.94. The van der Waals surface area contributed by atoms with Crippen LogP contribution in [0.4, 0.5) is 5.69 Å². The Morgan fingerprint density at radius 1 is 0.925 bits per heavy atom. The lowest BCUT2D eigenvalue weighted by molar-refractivity contribution is -0.137. The highest BCUT2D eigenvalue weighted by atomic mass is 16.2. The van der Waals surface area contributed by atoms with Crippen LogP contribution in [0.5, 0.6) is 0 Å². The molecule has 1 aromatic rings. The zero-order chi connectivity index (χ0) is 28.2. The molecule has 1 aromatic carbocycles. The van der Waals surface area contributed by atoms with Gasteiger partial charge in [0, 0.05) is 63.4 Å². The molecule has 3 saturated heterocycles. The topological polar surface area (TPSA) is 93.3 Å². The second-order valence-corrected chi connectivity index (χ2v) is 12.4. The second kappa shape index (κ2) is 12.7. The zero-order valence-corrected chi connectivity index (χ0v) is 24.1. The van der Waals surface area contributed by atoms with Gasteiger partial charge in [0.25, 0.3) is 5.91 Å². The normalized spacial score (nSPS) is 24.4. The van der Waals surface area contributed by atoms with E-state index in [0.717, 1.165) is 44.7 Å². The molecule has 218 valence electrons. The standard InChI is InChI=1S/C31H45N5O4/c1-22(11-13-32-31(40)24-7-9-25(10-8-24)34-17-15-33(2)16-18-34)19-28(38)35-14-12-26-30(35)27(37)21-36(26)29(39)20-23-5-3-4-6-23/h7-10,22-23,26,30H,3-6,11-21H2,1-2H3,(H,32,40). The molecule has 9 heteroatoms. The lowest BCUT2D eigenvalue weighted by Crippen LogP contribution is -2.44. The molecule has 0 spiro atoms. The first-order valence-electron chi connectivity index (χ1n) is 15.2. The summed E-state index contributed by atoms with van der Waals surface area (Å²) in [6.45, 7) is 7.22. The Morgan fingerprint density at radius 3 is 2.33 bits per heavy atom. The van der Waals surface area contributed by atoms with Crippen LogP contribution in [0.15, 0.2) is 24.3 Å². The van der Waals surface area contributed by atoms with E-state index in [-0.39, 0.29) is 42.0 Å². The molecule has 4 fully saturated rings. The van der Waals surface area contributed by atoms with E-state index in [0.29, 0.717) is 50.3 Å². The van der Waals surface area contributed by atoms with Gasteiger partial charge in [-0.2, -0.15) is 0 Å². The third-order valence-corrected chi connectivity index (χ3v) is 9.44. The summed E-state index contributed by atoms with van der Waals surface area (Å²) in [6.07, 6.45) is 6.82. The zero-order valence-electron chi connectivity index (χ0n) is 24.1. The Bertz CT molecular complexity index is 1080. The molecule has 9 nitrogen and oxygen atoms in total. The molecule has 5 rings (SSSR count). The summed E-state index contributed by atoms with van der Waals surface area (Å²) in [5.74, 6) is 0.468. The number of anilines is 1. The summed E-state index contributed by atoms with van der Waals surface area (Å²) in [4.78, 5) is 59.8. The van der Waals surface area contributed by atoms with Crippen molar-refractivity contribution in [2.24, 2.45) is 11.8 Å². The van der Waals surface area contributed by atoms with Crippen molar-refractivity contribution in [2.45, 2.75) is 70.4 Å². The van der Waals surface area contributed by atoms with Crippen molar-refractivity contribution in [3.05, 3.63) is 29.8 Å². The minimum absolute atomic E-state index is 0.00539. The number of rotatable bonds is 9. The van der Waals surface area contributed by atoms with Gasteiger partial charge in [0.2, 0.25) is 11.8 Å². The molecular formula is C31H45N5O4. The molecule has 1 aliphatic carbocycles. The van der Waals surface area contributed by atoms with Crippen LogP contribution in [0, 0.1) is 11.8 Å². The van der Waals surface area contributed by atoms with Gasteiger partial charge in [0.05, 0.1) is 12.6 Å². The molecular weight excluding hydrogens is 506 g/mol. The molecule has 3 aliphatic heterocycles. The van der Waals surface area contributed by atoms with Crippen molar-refractivity contribution in [3.63, 3.8) is 0 Å². The van der Waals surface area contributed by atoms with Gasteiger partial charge < -0.3 is 24.9 Å². The van der Waals surface area contributed by atoms with Crippen LogP contribution in [-0.2, 0) is 14.4 Å². The van der Waals surface area contributed by atoms with Crippen molar-refractivity contribution < 1.29 is 19.2 Å². The van der Waals surface area contributed by atoms with E-state index in [1.54, 1.807) is 9.80 Å². The van der Waals surface area contributed by atoms with Crippen molar-refractivity contribution in [1.29, 1.82) is 0 Å². The Balaban J connectivity index is 1.04. The third kappa shape index (κ3) is 6.51. The average Bonchev–Trinajstić information content (AvgIpc) is 3.68. The monoisotopic (exact) mass is 551 g/mol. The number of carbonyl (C=O) groups excluding carboxylic acids is 4. The second-order valence-electron chi connectivity index (χ2n) is 12.4. The summed E-state index contributed by atoms with van der Waals surface area (Å²) in [5, 5.41) is 2.99. The summed E-state index contributed by atoms with van der Waals surface area (Å²) in [5.41, 5.74) is 1.78. The summed E-state index contributed by atoms with van der Waals surface area (Å²) in [7, 11) is 2.13. The van der Waals surface area contributed by atoms with Crippen LogP contribution >= 0.6 is 0 Å². The van der Waals surface area contributed by atoms with Gasteiger partial charge in [-0.05, 0) is 68.8 Å². The number of likely N-dealkylation sites (tertiary alicyclic amines) is 2. The number of fused-ring (bicyclic) bond motifs is 1. The smallest absolute Gasteiger partial charge is 0.251 e. The van der Waals surface area contributed by atoms with Gasteiger partial charge in [0.15, 0.2) is 5.78 Å². The highest BCUT2D eigenvalue weighted by molar-refractivity contribution is 5.97. The average molecular weight is 552 g/mol. The molecule has 0 aromatic heterocycles. The quantitative estimate of drug-likeness (QED) is 0.507. The molecule has 0 radical (unpaired) electrons. The molecule has 3 unspecified atom stereocenters. The molecule has 3 amide bonds. The van der Waals surface area contributed by atoms with Gasteiger partial charge in [-0.1, -0.05) is 19.8 Å². The molecule has 4 aliphatic rings. The number of likely N-dealkylation sites (N-methyl/N-ethyl adjacent to an activating group) is 1. The number of benzene rings is 1. The number of nitrogens with zero attached hydrogens (tertiary/aromatic N) is 4. The van der Waals surface area contributed by atoms with Crippen LogP contribution in [0.3, 0.4) is 0 Å². The lowest BCUT2D eigenvalue weighted by atomic mass is 10.0. The maximum atomic E-state index is 13.2. The molecule has 3 heterocycles. The highest BCUT2D eigenvalue weighted by Gasteiger charge is 2.51. The fraction of sp³-hybridized carbons (Fsp3) is 0.677. The van der Waals surface area contributed by atoms with Crippen molar-refractivity contribution >= 4 is 29.2 Å². The summed E-state index contributed by atoms with van der Waals surface area (Å²) >= 11 is 0. The Labute approximate surface area is 238 Å². The number of hydrogen-bond donors (Lipinski definition) is 1. The van der Waals surface area contributed by atoms with Crippen molar-refractivity contribution in [1.82, 2.24) is 20.0 Å². The first-order valence-corrected chi connectivity index (χ1v) is 15.2. The van der Waals surface area contributed by atoms with E-state index < -0.39 is 6.04 Å².